The summed E-state index contributed by atoms with van der Waals surface area (Å²) in [6, 6.07) is 5.20. The van der Waals surface area contributed by atoms with Crippen molar-refractivity contribution in [2.24, 2.45) is 5.92 Å². The zero-order valence-electron chi connectivity index (χ0n) is 17.2. The van der Waals surface area contributed by atoms with Crippen molar-refractivity contribution in [3.8, 4) is 5.75 Å². The number of hydrogen-bond acceptors (Lipinski definition) is 5. The first kappa shape index (κ1) is 22.4. The third kappa shape index (κ3) is 6.60. The Bertz CT molecular complexity index is 784. The van der Waals surface area contributed by atoms with Crippen LogP contribution in [-0.2, 0) is 20.8 Å². The number of fused-ring (bicyclic) bond motifs is 1. The van der Waals surface area contributed by atoms with Gasteiger partial charge in [0.1, 0.15) is 12.4 Å². The number of aryl methyl sites for hydroxylation is 1. The van der Waals surface area contributed by atoms with Gasteiger partial charge in [0.05, 0.1) is 19.1 Å². The highest BCUT2D eigenvalue weighted by atomic mass is 35.5. The van der Waals surface area contributed by atoms with E-state index in [1.165, 1.54) is 4.90 Å². The van der Waals surface area contributed by atoms with E-state index in [0.29, 0.717) is 24.7 Å². The van der Waals surface area contributed by atoms with Crippen LogP contribution in [0.4, 0.5) is 0 Å². The molecule has 30 heavy (non-hydrogen) atoms. The van der Waals surface area contributed by atoms with Gasteiger partial charge in [-0.3, -0.25) is 14.4 Å². The van der Waals surface area contributed by atoms with Gasteiger partial charge in [0.25, 0.3) is 0 Å². The fourth-order valence-corrected chi connectivity index (χ4v) is 3.63. The fraction of sp³-hybridized carbons (Fsp3) is 0.571. The first-order valence-corrected chi connectivity index (χ1v) is 10.7. The Kier molecular flexibility index (Phi) is 7.93. The molecule has 3 N–H and O–H groups in total. The molecule has 3 amide bonds. The Morgan fingerprint density at radius 1 is 1.10 bits per heavy atom. The quantitative estimate of drug-likeness (QED) is 0.602. The number of rotatable bonds is 1. The molecule has 1 unspecified atom stereocenters. The Labute approximate surface area is 181 Å². The molecule has 2 aliphatic rings. The summed E-state index contributed by atoms with van der Waals surface area (Å²) in [5.74, 6) is 0.257. The largest absolute Gasteiger partial charge is 0.492 e. The number of ether oxygens (including phenoxy) is 1. The minimum atomic E-state index is -0.356. The number of carbonyl (C=O) groups excluding carboxylic acids is 3. The summed E-state index contributed by atoms with van der Waals surface area (Å²) in [5, 5.41) is 9.24. The van der Waals surface area contributed by atoms with Gasteiger partial charge in [-0.25, -0.2) is 0 Å². The highest BCUT2D eigenvalue weighted by Gasteiger charge is 2.37. The average molecular weight is 437 g/mol. The monoisotopic (exact) mass is 436 g/mol. The molecule has 1 aliphatic carbocycles. The van der Waals surface area contributed by atoms with Gasteiger partial charge in [0.15, 0.2) is 0 Å². The Morgan fingerprint density at radius 2 is 1.90 bits per heavy atom. The van der Waals surface area contributed by atoms with Crippen molar-refractivity contribution in [1.29, 1.82) is 0 Å². The van der Waals surface area contributed by atoms with E-state index in [1.807, 2.05) is 12.1 Å². The molecule has 0 bridgehead atoms. The number of benzene rings is 1. The maximum Gasteiger partial charge on any atom is 0.240 e. The second-order valence-electron chi connectivity index (χ2n) is 7.79. The lowest BCUT2D eigenvalue weighted by molar-refractivity contribution is -0.137. The minimum absolute atomic E-state index is 0.0839. The SMILES string of the molecule is CN1CC(=O)NCC(=O)NCCCc2ccc(Cl)cc2OCCNC(C2CC2)C1=O. The molecule has 1 aromatic rings. The summed E-state index contributed by atoms with van der Waals surface area (Å²) in [7, 11) is 1.60. The van der Waals surface area contributed by atoms with E-state index >= 15 is 0 Å². The molecule has 1 aliphatic heterocycles. The van der Waals surface area contributed by atoms with E-state index in [9.17, 15) is 14.4 Å². The molecular weight excluding hydrogens is 408 g/mol. The zero-order valence-corrected chi connectivity index (χ0v) is 18.0. The van der Waals surface area contributed by atoms with Crippen molar-refractivity contribution in [3.63, 3.8) is 0 Å². The van der Waals surface area contributed by atoms with Crippen LogP contribution in [0.5, 0.6) is 5.75 Å². The summed E-state index contributed by atoms with van der Waals surface area (Å²) >= 11 is 6.12. The molecule has 9 heteroatoms. The minimum Gasteiger partial charge on any atom is -0.492 e. The van der Waals surface area contributed by atoms with Crippen LogP contribution in [0.3, 0.4) is 0 Å². The molecule has 1 fully saturated rings. The zero-order chi connectivity index (χ0) is 21.5. The third-order valence-electron chi connectivity index (χ3n) is 5.26. The Morgan fingerprint density at radius 3 is 2.67 bits per heavy atom. The van der Waals surface area contributed by atoms with Crippen LogP contribution in [0, 0.1) is 5.92 Å². The molecule has 0 aromatic heterocycles. The number of nitrogens with zero attached hydrogens (tertiary/aromatic N) is 1. The van der Waals surface area contributed by atoms with E-state index in [2.05, 4.69) is 16.0 Å². The van der Waals surface area contributed by atoms with E-state index in [0.717, 1.165) is 37.0 Å². The highest BCUT2D eigenvalue weighted by Crippen LogP contribution is 2.33. The smallest absolute Gasteiger partial charge is 0.240 e. The molecule has 8 nitrogen and oxygen atoms in total. The van der Waals surface area contributed by atoms with Gasteiger partial charge < -0.3 is 25.6 Å². The summed E-state index contributed by atoms with van der Waals surface area (Å²) in [5.41, 5.74) is 1.01. The molecule has 0 radical (unpaired) electrons. The lowest BCUT2D eigenvalue weighted by atomic mass is 10.1. The predicted molar refractivity (Wildman–Crippen MR) is 113 cm³/mol. The Hall–Kier alpha value is -2.32. The van der Waals surface area contributed by atoms with E-state index < -0.39 is 0 Å². The van der Waals surface area contributed by atoms with Crippen LogP contribution in [0.1, 0.15) is 24.8 Å². The van der Waals surface area contributed by atoms with Crippen molar-refractivity contribution in [1.82, 2.24) is 20.9 Å². The first-order chi connectivity index (χ1) is 14.4. The van der Waals surface area contributed by atoms with Crippen molar-refractivity contribution < 1.29 is 19.1 Å². The second-order valence-corrected chi connectivity index (χ2v) is 8.23. The van der Waals surface area contributed by atoms with Gasteiger partial charge in [-0.15, -0.1) is 0 Å². The molecule has 3 rings (SSSR count). The molecule has 1 aromatic carbocycles. The van der Waals surface area contributed by atoms with Crippen molar-refractivity contribution in [3.05, 3.63) is 28.8 Å². The molecular formula is C21H29ClN4O4. The molecule has 1 atom stereocenters. The maximum atomic E-state index is 12.8. The topological polar surface area (TPSA) is 99.8 Å². The van der Waals surface area contributed by atoms with Crippen molar-refractivity contribution >= 4 is 29.3 Å². The number of halogens is 1. The number of carbonyl (C=O) groups is 3. The molecule has 1 heterocycles. The number of likely N-dealkylation sites (N-methyl/N-ethyl adjacent to an activating group) is 1. The van der Waals surface area contributed by atoms with Gasteiger partial charge in [0.2, 0.25) is 17.7 Å². The van der Waals surface area contributed by atoms with Gasteiger partial charge in [-0.2, -0.15) is 0 Å². The normalized spacial score (nSPS) is 22.8. The van der Waals surface area contributed by atoms with Gasteiger partial charge in [-0.1, -0.05) is 17.7 Å². The van der Waals surface area contributed by atoms with E-state index in [1.54, 1.807) is 13.1 Å². The fourth-order valence-electron chi connectivity index (χ4n) is 3.46. The van der Waals surface area contributed by atoms with Crippen LogP contribution >= 0.6 is 11.6 Å². The molecule has 0 spiro atoms. The lowest BCUT2D eigenvalue weighted by Gasteiger charge is -2.24. The summed E-state index contributed by atoms with van der Waals surface area (Å²) in [4.78, 5) is 38.3. The first-order valence-electron chi connectivity index (χ1n) is 10.4. The molecule has 164 valence electrons. The third-order valence-corrected chi connectivity index (χ3v) is 5.50. The standard InChI is InChI=1S/C21H29ClN4O4/c1-26-13-19(28)25-12-18(27)23-8-2-3-14-6-7-16(22)11-17(14)30-10-9-24-20(21(26)29)15-4-5-15/h6-7,11,15,20,24H,2-5,8-10,12-13H2,1H3,(H,23,27)(H,25,28). The van der Waals surface area contributed by atoms with Gasteiger partial charge >= 0.3 is 0 Å². The average Bonchev–Trinajstić information content (AvgIpc) is 3.55. The second kappa shape index (κ2) is 10.6. The molecule has 1 saturated carbocycles. The molecule has 0 saturated heterocycles. The maximum absolute atomic E-state index is 12.8. The lowest BCUT2D eigenvalue weighted by Crippen LogP contribution is -2.50. The number of amides is 3. The van der Waals surface area contributed by atoms with Crippen LogP contribution in [0.25, 0.3) is 0 Å². The number of hydrogen-bond donors (Lipinski definition) is 3. The van der Waals surface area contributed by atoms with Crippen LogP contribution in [-0.4, -0.2) is 68.5 Å². The summed E-state index contributed by atoms with van der Waals surface area (Å²) in [6.07, 6.45) is 3.43. The van der Waals surface area contributed by atoms with Crippen molar-refractivity contribution in [2.75, 3.05) is 39.8 Å². The van der Waals surface area contributed by atoms with Crippen molar-refractivity contribution in [2.45, 2.75) is 31.7 Å². The van der Waals surface area contributed by atoms with Gasteiger partial charge in [0, 0.05) is 25.2 Å². The van der Waals surface area contributed by atoms with E-state index in [-0.39, 0.29) is 42.8 Å². The predicted octanol–water partition coefficient (Wildman–Crippen LogP) is 0.724. The van der Waals surface area contributed by atoms with E-state index in [4.69, 9.17) is 16.3 Å². The van der Waals surface area contributed by atoms with Crippen LogP contribution in [0.15, 0.2) is 18.2 Å². The Balaban J connectivity index is 1.69. The summed E-state index contributed by atoms with van der Waals surface area (Å²) < 4.78 is 5.94. The van der Waals surface area contributed by atoms with Crippen LogP contribution in [0.2, 0.25) is 5.02 Å². The summed E-state index contributed by atoms with van der Waals surface area (Å²) in [6.45, 7) is 1.19. The van der Waals surface area contributed by atoms with Crippen LogP contribution < -0.4 is 20.7 Å². The highest BCUT2D eigenvalue weighted by molar-refractivity contribution is 6.30. The van der Waals surface area contributed by atoms with Gasteiger partial charge in [-0.05, 0) is 49.3 Å². The number of nitrogens with one attached hydrogen (secondary N) is 3.